The Bertz CT molecular complexity index is 815. The molecule has 1 N–H and O–H groups in total. The van der Waals surface area contributed by atoms with Gasteiger partial charge in [0.1, 0.15) is 5.75 Å². The number of hydrogen-bond donors (Lipinski definition) is 1. The van der Waals surface area contributed by atoms with Gasteiger partial charge in [-0.15, -0.1) is 12.4 Å². The molecule has 7 heteroatoms. The normalized spacial score (nSPS) is 16.0. The first-order chi connectivity index (χ1) is 13.7. The topological polar surface area (TPSA) is 60.0 Å². The van der Waals surface area contributed by atoms with Gasteiger partial charge in [0.25, 0.3) is 0 Å². The molecule has 3 rings (SSSR count). The van der Waals surface area contributed by atoms with Crippen LogP contribution in [0, 0.1) is 0 Å². The number of aryl methyl sites for hydroxylation is 1. The number of hydrogen-bond acceptors (Lipinski definition) is 5. The van der Waals surface area contributed by atoms with Crippen LogP contribution in [0.15, 0.2) is 42.5 Å². The second-order valence-electron chi connectivity index (χ2n) is 6.74. The number of rotatable bonds is 7. The van der Waals surface area contributed by atoms with E-state index >= 15 is 0 Å². The molecule has 0 spiro atoms. The van der Waals surface area contributed by atoms with Crippen LogP contribution in [0.2, 0.25) is 0 Å². The van der Waals surface area contributed by atoms with Crippen molar-refractivity contribution < 1.29 is 19.0 Å². The van der Waals surface area contributed by atoms with Gasteiger partial charge in [0.15, 0.2) is 11.5 Å². The third kappa shape index (κ3) is 5.34. The number of nitrogens with zero attached hydrogens (tertiary/aromatic N) is 1. The molecule has 2 aromatic carbocycles. The quantitative estimate of drug-likeness (QED) is 0.745. The smallest absolute Gasteiger partial charge is 0.223 e. The standard InChI is InChI=1S/C22H28N2O4.ClH/c1-26-19-7-5-4-6-17(19)18-15-23-12-13-24(18)22(25)11-9-16-8-10-20(27-2)21(14-16)28-3;/h4-8,10,14,18,23H,9,11-13,15H2,1-3H3;1H. The SMILES string of the molecule is COc1ccc(CCC(=O)N2CCNCC2c2ccccc2OC)cc1OC.Cl. The zero-order valence-corrected chi connectivity index (χ0v) is 18.0. The van der Waals surface area contributed by atoms with Crippen LogP contribution in [-0.4, -0.2) is 51.8 Å². The molecule has 0 radical (unpaired) electrons. The fourth-order valence-corrected chi connectivity index (χ4v) is 3.65. The Labute approximate surface area is 178 Å². The number of carbonyl (C=O) groups is 1. The third-order valence-electron chi connectivity index (χ3n) is 5.14. The fraction of sp³-hybridized carbons (Fsp3) is 0.409. The summed E-state index contributed by atoms with van der Waals surface area (Å²) < 4.78 is 16.1. The first kappa shape index (κ1) is 22.8. The Balaban J connectivity index is 0.00000300. The van der Waals surface area contributed by atoms with E-state index in [1.807, 2.05) is 47.4 Å². The molecule has 1 unspecified atom stereocenters. The van der Waals surface area contributed by atoms with E-state index in [0.29, 0.717) is 30.9 Å². The summed E-state index contributed by atoms with van der Waals surface area (Å²) in [5.41, 5.74) is 2.09. The van der Waals surface area contributed by atoms with Crippen LogP contribution in [-0.2, 0) is 11.2 Å². The summed E-state index contributed by atoms with van der Waals surface area (Å²) in [7, 11) is 4.90. The first-order valence-corrected chi connectivity index (χ1v) is 9.52. The highest BCUT2D eigenvalue weighted by atomic mass is 35.5. The van der Waals surface area contributed by atoms with Gasteiger partial charge in [-0.3, -0.25) is 4.79 Å². The highest BCUT2D eigenvalue weighted by Gasteiger charge is 2.29. The number of ether oxygens (including phenoxy) is 3. The maximum absolute atomic E-state index is 13.0. The van der Waals surface area contributed by atoms with Crippen LogP contribution in [0.3, 0.4) is 0 Å². The van der Waals surface area contributed by atoms with Crippen molar-refractivity contribution in [3.63, 3.8) is 0 Å². The molecule has 1 atom stereocenters. The maximum atomic E-state index is 13.0. The van der Waals surface area contributed by atoms with Crippen molar-refractivity contribution in [3.8, 4) is 17.2 Å². The van der Waals surface area contributed by atoms with Gasteiger partial charge < -0.3 is 24.4 Å². The van der Waals surface area contributed by atoms with E-state index < -0.39 is 0 Å². The lowest BCUT2D eigenvalue weighted by molar-refractivity contribution is -0.134. The predicted octanol–water partition coefficient (Wildman–Crippen LogP) is 3.24. The van der Waals surface area contributed by atoms with Gasteiger partial charge in [-0.25, -0.2) is 0 Å². The number of benzene rings is 2. The van der Waals surface area contributed by atoms with E-state index in [1.54, 1.807) is 21.3 Å². The molecule has 1 fully saturated rings. The molecule has 1 aliphatic rings. The highest BCUT2D eigenvalue weighted by Crippen LogP contribution is 2.31. The summed E-state index contributed by atoms with van der Waals surface area (Å²) in [6, 6.07) is 13.7. The Morgan fingerprint density at radius 1 is 1.03 bits per heavy atom. The molecule has 1 amide bonds. The minimum absolute atomic E-state index is 0. The van der Waals surface area contributed by atoms with E-state index in [-0.39, 0.29) is 24.4 Å². The van der Waals surface area contributed by atoms with E-state index in [9.17, 15) is 4.79 Å². The van der Waals surface area contributed by atoms with Crippen molar-refractivity contribution >= 4 is 18.3 Å². The van der Waals surface area contributed by atoms with Gasteiger partial charge in [-0.1, -0.05) is 24.3 Å². The van der Waals surface area contributed by atoms with Gasteiger partial charge >= 0.3 is 0 Å². The molecule has 2 aromatic rings. The lowest BCUT2D eigenvalue weighted by Gasteiger charge is -2.37. The Hall–Kier alpha value is -2.44. The van der Waals surface area contributed by atoms with Gasteiger partial charge in [-0.2, -0.15) is 0 Å². The average Bonchev–Trinajstić information content (AvgIpc) is 2.77. The number of halogens is 1. The minimum atomic E-state index is -0.0252. The molecule has 6 nitrogen and oxygen atoms in total. The van der Waals surface area contributed by atoms with Crippen molar-refractivity contribution in [2.24, 2.45) is 0 Å². The van der Waals surface area contributed by atoms with Crippen LogP contribution in [0.25, 0.3) is 0 Å². The summed E-state index contributed by atoms with van der Waals surface area (Å²) in [4.78, 5) is 15.0. The summed E-state index contributed by atoms with van der Waals surface area (Å²) in [6.45, 7) is 2.21. The summed E-state index contributed by atoms with van der Waals surface area (Å²) >= 11 is 0. The molecular weight excluding hydrogens is 392 g/mol. The molecular formula is C22H29ClN2O4. The van der Waals surface area contributed by atoms with E-state index in [1.165, 1.54) is 0 Å². The van der Waals surface area contributed by atoms with Crippen LogP contribution in [0.1, 0.15) is 23.6 Å². The van der Waals surface area contributed by atoms with Crippen molar-refractivity contribution in [3.05, 3.63) is 53.6 Å². The zero-order chi connectivity index (χ0) is 19.9. The molecule has 29 heavy (non-hydrogen) atoms. The second kappa shape index (κ2) is 10.9. The Morgan fingerprint density at radius 3 is 2.48 bits per heavy atom. The molecule has 1 saturated heterocycles. The lowest BCUT2D eigenvalue weighted by atomic mass is 10.0. The molecule has 0 bridgehead atoms. The van der Waals surface area contributed by atoms with E-state index in [4.69, 9.17) is 14.2 Å². The maximum Gasteiger partial charge on any atom is 0.223 e. The van der Waals surface area contributed by atoms with E-state index in [2.05, 4.69) is 5.32 Å². The van der Waals surface area contributed by atoms with Crippen molar-refractivity contribution in [1.82, 2.24) is 10.2 Å². The number of amides is 1. The third-order valence-corrected chi connectivity index (χ3v) is 5.14. The minimum Gasteiger partial charge on any atom is -0.496 e. The second-order valence-corrected chi connectivity index (χ2v) is 6.74. The monoisotopic (exact) mass is 420 g/mol. The molecule has 1 heterocycles. The summed E-state index contributed by atoms with van der Waals surface area (Å²) in [5, 5.41) is 3.39. The molecule has 0 saturated carbocycles. The summed E-state index contributed by atoms with van der Waals surface area (Å²) in [6.07, 6.45) is 1.10. The van der Waals surface area contributed by atoms with Crippen LogP contribution >= 0.6 is 12.4 Å². The van der Waals surface area contributed by atoms with Gasteiger partial charge in [-0.05, 0) is 30.2 Å². The highest BCUT2D eigenvalue weighted by molar-refractivity contribution is 5.85. The number of piperazine rings is 1. The zero-order valence-electron chi connectivity index (χ0n) is 17.1. The Kier molecular flexibility index (Phi) is 8.61. The van der Waals surface area contributed by atoms with Crippen molar-refractivity contribution in [2.75, 3.05) is 41.0 Å². The molecule has 158 valence electrons. The first-order valence-electron chi connectivity index (χ1n) is 9.52. The molecule has 1 aliphatic heterocycles. The largest absolute Gasteiger partial charge is 0.496 e. The fourth-order valence-electron chi connectivity index (χ4n) is 3.65. The van der Waals surface area contributed by atoms with E-state index in [0.717, 1.165) is 30.0 Å². The van der Waals surface area contributed by atoms with Gasteiger partial charge in [0.05, 0.1) is 27.4 Å². The average molecular weight is 421 g/mol. The van der Waals surface area contributed by atoms with Crippen LogP contribution in [0.4, 0.5) is 0 Å². The predicted molar refractivity (Wildman–Crippen MR) is 115 cm³/mol. The van der Waals surface area contributed by atoms with Gasteiger partial charge in [0, 0.05) is 31.6 Å². The van der Waals surface area contributed by atoms with Gasteiger partial charge in [0.2, 0.25) is 5.91 Å². The number of para-hydroxylation sites is 1. The number of methoxy groups -OCH3 is 3. The number of carbonyl (C=O) groups excluding carboxylic acids is 1. The van der Waals surface area contributed by atoms with Crippen LogP contribution < -0.4 is 19.5 Å². The van der Waals surface area contributed by atoms with Crippen molar-refractivity contribution in [2.45, 2.75) is 18.9 Å². The number of nitrogens with one attached hydrogen (secondary N) is 1. The lowest BCUT2D eigenvalue weighted by Crippen LogP contribution is -2.48. The Morgan fingerprint density at radius 2 is 1.76 bits per heavy atom. The van der Waals surface area contributed by atoms with Crippen molar-refractivity contribution in [1.29, 1.82) is 0 Å². The molecule has 0 aliphatic carbocycles. The molecule has 0 aromatic heterocycles. The summed E-state index contributed by atoms with van der Waals surface area (Å²) in [5.74, 6) is 2.33. The van der Waals surface area contributed by atoms with Crippen LogP contribution in [0.5, 0.6) is 17.2 Å².